The van der Waals surface area contributed by atoms with Gasteiger partial charge in [0.15, 0.2) is 0 Å². The Kier molecular flexibility index (Phi) is 1.44. The van der Waals surface area contributed by atoms with Gasteiger partial charge in [-0.25, -0.2) is 4.79 Å². The highest BCUT2D eigenvalue weighted by atomic mass is 32.1. The van der Waals surface area contributed by atoms with E-state index in [1.54, 1.807) is 0 Å². The maximum atomic E-state index is 10.6. The van der Waals surface area contributed by atoms with E-state index in [4.69, 9.17) is 9.84 Å². The Bertz CT molecular complexity index is 303. The highest BCUT2D eigenvalue weighted by molar-refractivity contribution is 7.12. The quantitative estimate of drug-likeness (QED) is 0.694. The monoisotopic (exact) mass is 170 g/mol. The van der Waals surface area contributed by atoms with E-state index in [-0.39, 0.29) is 0 Å². The summed E-state index contributed by atoms with van der Waals surface area (Å²) in [6.07, 6.45) is 0. The van der Waals surface area contributed by atoms with Gasteiger partial charge in [0, 0.05) is 5.56 Å². The van der Waals surface area contributed by atoms with Gasteiger partial charge in [-0.2, -0.15) is 0 Å². The number of hydrogen-bond acceptors (Lipinski definition) is 3. The van der Waals surface area contributed by atoms with Crippen molar-refractivity contribution in [1.82, 2.24) is 0 Å². The Balaban J connectivity index is 2.50. The Labute approximate surface area is 67.2 Å². The van der Waals surface area contributed by atoms with Crippen LogP contribution < -0.4 is 0 Å². The first-order valence-electron chi connectivity index (χ1n) is 3.19. The molecule has 0 bridgehead atoms. The molecule has 1 aliphatic heterocycles. The summed E-state index contributed by atoms with van der Waals surface area (Å²) >= 11 is 1.28. The molecule has 0 radical (unpaired) electrons. The number of thiophene rings is 1. The van der Waals surface area contributed by atoms with Gasteiger partial charge in [0.05, 0.1) is 13.2 Å². The number of carboxylic acid groups (broad SMARTS) is 1. The fourth-order valence-electron chi connectivity index (χ4n) is 1.14. The second kappa shape index (κ2) is 2.32. The van der Waals surface area contributed by atoms with Crippen LogP contribution in [-0.2, 0) is 18.0 Å². The van der Waals surface area contributed by atoms with Crippen LogP contribution in [-0.4, -0.2) is 11.1 Å². The van der Waals surface area contributed by atoms with Crippen LogP contribution in [0.1, 0.15) is 20.8 Å². The Morgan fingerprint density at radius 1 is 1.64 bits per heavy atom. The van der Waals surface area contributed by atoms with Gasteiger partial charge in [-0.15, -0.1) is 11.3 Å². The smallest absolute Gasteiger partial charge is 0.346 e. The molecule has 58 valence electrons. The lowest BCUT2D eigenvalue weighted by Gasteiger charge is -1.90. The van der Waals surface area contributed by atoms with Crippen LogP contribution in [0.15, 0.2) is 5.38 Å². The molecule has 0 saturated carbocycles. The fraction of sp³-hybridized carbons (Fsp3) is 0.286. The number of carboxylic acids is 1. The normalized spacial score (nSPS) is 14.9. The van der Waals surface area contributed by atoms with Crippen LogP contribution in [0.3, 0.4) is 0 Å². The number of aromatic carboxylic acids is 1. The Morgan fingerprint density at radius 2 is 2.45 bits per heavy atom. The van der Waals surface area contributed by atoms with Crippen molar-refractivity contribution in [3.63, 3.8) is 0 Å². The Hall–Kier alpha value is -0.870. The molecular weight excluding hydrogens is 164 g/mol. The van der Waals surface area contributed by atoms with E-state index >= 15 is 0 Å². The van der Waals surface area contributed by atoms with Crippen molar-refractivity contribution in [1.29, 1.82) is 0 Å². The van der Waals surface area contributed by atoms with Crippen LogP contribution in [0, 0.1) is 0 Å². The van der Waals surface area contributed by atoms with E-state index in [9.17, 15) is 4.79 Å². The van der Waals surface area contributed by atoms with Crippen molar-refractivity contribution in [3.05, 3.63) is 21.4 Å². The third-order valence-corrected chi connectivity index (χ3v) is 2.74. The summed E-state index contributed by atoms with van der Waals surface area (Å²) in [5.41, 5.74) is 1.90. The summed E-state index contributed by atoms with van der Waals surface area (Å²) in [5, 5.41) is 10.5. The van der Waals surface area contributed by atoms with Crippen LogP contribution in [0.5, 0.6) is 0 Å². The average Bonchev–Trinajstić information content (AvgIpc) is 2.41. The Morgan fingerprint density at radius 3 is 3.18 bits per heavy atom. The van der Waals surface area contributed by atoms with E-state index in [1.807, 2.05) is 5.38 Å². The molecule has 4 heteroatoms. The lowest BCUT2D eigenvalue weighted by Crippen LogP contribution is -1.95. The van der Waals surface area contributed by atoms with Crippen molar-refractivity contribution in [2.45, 2.75) is 13.2 Å². The van der Waals surface area contributed by atoms with Gasteiger partial charge in [-0.1, -0.05) is 0 Å². The molecule has 1 aliphatic rings. The first-order chi connectivity index (χ1) is 5.29. The van der Waals surface area contributed by atoms with Crippen LogP contribution in [0.2, 0.25) is 0 Å². The summed E-state index contributed by atoms with van der Waals surface area (Å²) in [7, 11) is 0. The molecule has 0 fully saturated rings. The predicted molar refractivity (Wildman–Crippen MR) is 39.8 cm³/mol. The molecule has 2 rings (SSSR count). The molecule has 2 heterocycles. The largest absolute Gasteiger partial charge is 0.477 e. The first kappa shape index (κ1) is 6.82. The number of hydrogen-bond donors (Lipinski definition) is 1. The van der Waals surface area contributed by atoms with E-state index in [0.717, 1.165) is 11.1 Å². The second-order valence-electron chi connectivity index (χ2n) is 2.37. The number of fused-ring (bicyclic) bond motifs is 1. The summed E-state index contributed by atoms with van der Waals surface area (Å²) in [4.78, 5) is 11.0. The van der Waals surface area contributed by atoms with E-state index in [2.05, 4.69) is 0 Å². The topological polar surface area (TPSA) is 46.5 Å². The molecule has 0 atom stereocenters. The van der Waals surface area contributed by atoms with Gasteiger partial charge in [-0.3, -0.25) is 0 Å². The summed E-state index contributed by atoms with van der Waals surface area (Å²) in [5.74, 6) is -0.846. The minimum absolute atomic E-state index is 0.428. The number of rotatable bonds is 1. The third kappa shape index (κ3) is 0.948. The number of carbonyl (C=O) groups is 1. The van der Waals surface area contributed by atoms with Gasteiger partial charge in [0.1, 0.15) is 4.88 Å². The summed E-state index contributed by atoms with van der Waals surface area (Å²) in [6.45, 7) is 1.03. The van der Waals surface area contributed by atoms with Gasteiger partial charge in [0.25, 0.3) is 0 Å². The first-order valence-corrected chi connectivity index (χ1v) is 4.07. The average molecular weight is 170 g/mol. The van der Waals surface area contributed by atoms with Crippen molar-refractivity contribution < 1.29 is 14.6 Å². The summed E-state index contributed by atoms with van der Waals surface area (Å²) < 4.78 is 5.09. The SMILES string of the molecule is O=C(O)c1scc2c1COC2. The molecule has 1 aromatic heterocycles. The van der Waals surface area contributed by atoms with Gasteiger partial charge < -0.3 is 9.84 Å². The van der Waals surface area contributed by atoms with Crippen molar-refractivity contribution in [2.75, 3.05) is 0 Å². The molecule has 1 N–H and O–H groups in total. The fourth-order valence-corrected chi connectivity index (χ4v) is 2.04. The molecule has 11 heavy (non-hydrogen) atoms. The minimum Gasteiger partial charge on any atom is -0.477 e. The zero-order valence-electron chi connectivity index (χ0n) is 5.66. The standard InChI is InChI=1S/C7H6O3S/c8-7(9)6-5-2-10-1-4(5)3-11-6/h3H,1-2H2,(H,8,9). The highest BCUT2D eigenvalue weighted by Crippen LogP contribution is 2.28. The van der Waals surface area contributed by atoms with Gasteiger partial charge >= 0.3 is 5.97 Å². The lowest BCUT2D eigenvalue weighted by molar-refractivity contribution is 0.0697. The molecule has 3 nitrogen and oxygen atoms in total. The zero-order chi connectivity index (χ0) is 7.84. The highest BCUT2D eigenvalue weighted by Gasteiger charge is 2.21. The van der Waals surface area contributed by atoms with Crippen LogP contribution in [0.4, 0.5) is 0 Å². The van der Waals surface area contributed by atoms with Crippen molar-refractivity contribution in [2.24, 2.45) is 0 Å². The lowest BCUT2D eigenvalue weighted by atomic mass is 10.2. The maximum absolute atomic E-state index is 10.6. The molecule has 0 aliphatic carbocycles. The summed E-state index contributed by atoms with van der Waals surface area (Å²) in [6, 6.07) is 0. The molecule has 0 unspecified atom stereocenters. The zero-order valence-corrected chi connectivity index (χ0v) is 6.48. The van der Waals surface area contributed by atoms with Crippen molar-refractivity contribution in [3.8, 4) is 0 Å². The van der Waals surface area contributed by atoms with Crippen LogP contribution >= 0.6 is 11.3 Å². The minimum atomic E-state index is -0.846. The van der Waals surface area contributed by atoms with Gasteiger partial charge in [-0.05, 0) is 10.9 Å². The molecule has 0 spiro atoms. The third-order valence-electron chi connectivity index (χ3n) is 1.68. The van der Waals surface area contributed by atoms with E-state index in [1.165, 1.54) is 11.3 Å². The molecule has 0 saturated heterocycles. The van der Waals surface area contributed by atoms with E-state index < -0.39 is 5.97 Å². The van der Waals surface area contributed by atoms with Gasteiger partial charge in [0.2, 0.25) is 0 Å². The molecular formula is C7H6O3S. The molecule has 1 aromatic rings. The maximum Gasteiger partial charge on any atom is 0.346 e. The molecule has 0 amide bonds. The second-order valence-corrected chi connectivity index (χ2v) is 3.25. The van der Waals surface area contributed by atoms with Crippen molar-refractivity contribution >= 4 is 17.3 Å². The predicted octanol–water partition coefficient (Wildman–Crippen LogP) is 1.48. The van der Waals surface area contributed by atoms with E-state index in [0.29, 0.717) is 18.1 Å². The molecule has 0 aromatic carbocycles. The number of ether oxygens (including phenoxy) is 1. The van der Waals surface area contributed by atoms with Crippen LogP contribution in [0.25, 0.3) is 0 Å².